The molecule has 1 aromatic heterocycles. The fourth-order valence-electron chi connectivity index (χ4n) is 2.63. The Morgan fingerprint density at radius 3 is 2.68 bits per heavy atom. The number of benzene rings is 2. The normalized spacial score (nSPS) is 10.7. The maximum Gasteiger partial charge on any atom is 0.375 e. The number of aryl methyl sites for hydroxylation is 2. The third-order valence-electron chi connectivity index (χ3n) is 4.12. The Bertz CT molecular complexity index is 1110. The number of nitro groups is 1. The molecule has 0 saturated carbocycles. The summed E-state index contributed by atoms with van der Waals surface area (Å²) in [5, 5.41) is 14.1. The summed E-state index contributed by atoms with van der Waals surface area (Å²) < 4.78 is 11.4. The molecule has 9 heteroatoms. The molecule has 3 aromatic rings. The molecule has 0 saturated heterocycles. The first-order valence-corrected chi connectivity index (χ1v) is 8.96. The quantitative estimate of drug-likeness (QED) is 0.350. The predicted octanol–water partition coefficient (Wildman–Crippen LogP) is 4.52. The number of amides is 1. The van der Waals surface area contributed by atoms with Crippen LogP contribution in [0.4, 0.5) is 11.4 Å². The minimum atomic E-state index is -0.768. The highest BCUT2D eigenvalue weighted by Crippen LogP contribution is 2.28. The SMILES string of the molecule is Cc1ccc([N+](=O)[O-])cc1NC(=O)COC(=O)c1oc2ccc(Br)cc2c1C. The standard InChI is InChI=1S/C19H15BrN2O6/c1-10-3-5-13(22(25)26)8-15(10)21-17(23)9-27-19(24)18-11(2)14-7-12(20)4-6-16(14)28-18/h3-8H,9H2,1-2H3,(H,21,23). The number of nitrogens with one attached hydrogen (secondary N) is 1. The van der Waals surface area contributed by atoms with Crippen molar-refractivity contribution in [3.63, 3.8) is 0 Å². The van der Waals surface area contributed by atoms with Crippen molar-refractivity contribution in [2.24, 2.45) is 0 Å². The van der Waals surface area contributed by atoms with E-state index >= 15 is 0 Å². The van der Waals surface area contributed by atoms with E-state index in [1.54, 1.807) is 26.0 Å². The topological polar surface area (TPSA) is 112 Å². The van der Waals surface area contributed by atoms with Gasteiger partial charge >= 0.3 is 5.97 Å². The van der Waals surface area contributed by atoms with Crippen molar-refractivity contribution in [2.45, 2.75) is 13.8 Å². The first-order valence-electron chi connectivity index (χ1n) is 8.17. The average Bonchev–Trinajstić information content (AvgIpc) is 2.97. The monoisotopic (exact) mass is 446 g/mol. The lowest BCUT2D eigenvalue weighted by Crippen LogP contribution is -2.21. The van der Waals surface area contributed by atoms with Gasteiger partial charge in [-0.3, -0.25) is 14.9 Å². The van der Waals surface area contributed by atoms with Gasteiger partial charge in [-0.2, -0.15) is 0 Å². The second-order valence-corrected chi connectivity index (χ2v) is 6.99. The lowest BCUT2D eigenvalue weighted by Gasteiger charge is -2.08. The van der Waals surface area contributed by atoms with Gasteiger partial charge in [-0.25, -0.2) is 4.79 Å². The van der Waals surface area contributed by atoms with E-state index < -0.39 is 23.4 Å². The fourth-order valence-corrected chi connectivity index (χ4v) is 2.99. The molecule has 1 N–H and O–H groups in total. The van der Waals surface area contributed by atoms with Gasteiger partial charge in [0.2, 0.25) is 5.76 Å². The summed E-state index contributed by atoms with van der Waals surface area (Å²) in [6.45, 7) is 2.86. The van der Waals surface area contributed by atoms with Crippen molar-refractivity contribution >= 4 is 50.2 Å². The molecule has 0 unspecified atom stereocenters. The van der Waals surface area contributed by atoms with E-state index in [2.05, 4.69) is 21.2 Å². The van der Waals surface area contributed by atoms with Crippen molar-refractivity contribution in [1.29, 1.82) is 0 Å². The third kappa shape index (κ3) is 4.04. The Kier molecular flexibility index (Phi) is 5.46. The van der Waals surface area contributed by atoms with Crippen LogP contribution in [0.2, 0.25) is 0 Å². The van der Waals surface area contributed by atoms with Gasteiger partial charge in [0.25, 0.3) is 11.6 Å². The van der Waals surface area contributed by atoms with Crippen LogP contribution in [-0.2, 0) is 9.53 Å². The Morgan fingerprint density at radius 2 is 1.96 bits per heavy atom. The number of nitro benzene ring substituents is 1. The van der Waals surface area contributed by atoms with Gasteiger partial charge in [-0.15, -0.1) is 0 Å². The van der Waals surface area contributed by atoms with Crippen LogP contribution >= 0.6 is 15.9 Å². The van der Waals surface area contributed by atoms with Crippen molar-refractivity contribution < 1.29 is 23.7 Å². The number of hydrogen-bond acceptors (Lipinski definition) is 6. The van der Waals surface area contributed by atoms with Crippen LogP contribution in [0, 0.1) is 24.0 Å². The van der Waals surface area contributed by atoms with Crippen molar-refractivity contribution in [2.75, 3.05) is 11.9 Å². The molecule has 0 spiro atoms. The van der Waals surface area contributed by atoms with Gasteiger partial charge in [-0.05, 0) is 37.6 Å². The molecule has 0 atom stereocenters. The highest BCUT2D eigenvalue weighted by molar-refractivity contribution is 9.10. The van der Waals surface area contributed by atoms with Crippen molar-refractivity contribution in [3.8, 4) is 0 Å². The lowest BCUT2D eigenvalue weighted by atomic mass is 10.1. The van der Waals surface area contributed by atoms with Gasteiger partial charge in [0, 0.05) is 27.6 Å². The molecule has 0 aliphatic heterocycles. The zero-order chi connectivity index (χ0) is 20.4. The second kappa shape index (κ2) is 7.81. The summed E-state index contributed by atoms with van der Waals surface area (Å²) in [5.41, 5.74) is 1.91. The van der Waals surface area contributed by atoms with Gasteiger partial charge in [0.05, 0.1) is 10.6 Å². The first-order chi connectivity index (χ1) is 13.3. The largest absolute Gasteiger partial charge is 0.450 e. The van der Waals surface area contributed by atoms with Crippen LogP contribution in [0.3, 0.4) is 0 Å². The van der Waals surface area contributed by atoms with Crippen LogP contribution < -0.4 is 5.32 Å². The molecule has 0 aliphatic carbocycles. The molecule has 1 amide bonds. The summed E-state index contributed by atoms with van der Waals surface area (Å²) in [4.78, 5) is 34.7. The predicted molar refractivity (Wildman–Crippen MR) is 105 cm³/mol. The number of carbonyl (C=O) groups is 2. The minimum Gasteiger partial charge on any atom is -0.450 e. The lowest BCUT2D eigenvalue weighted by molar-refractivity contribution is -0.384. The summed E-state index contributed by atoms with van der Waals surface area (Å²) >= 11 is 3.36. The molecule has 0 aliphatic rings. The van der Waals surface area contributed by atoms with Crippen molar-refractivity contribution in [3.05, 3.63) is 67.9 Å². The average molecular weight is 447 g/mol. The Balaban J connectivity index is 1.68. The zero-order valence-electron chi connectivity index (χ0n) is 14.9. The van der Waals surface area contributed by atoms with Crippen LogP contribution in [0.1, 0.15) is 21.7 Å². The van der Waals surface area contributed by atoms with Gasteiger partial charge < -0.3 is 14.5 Å². The summed E-state index contributed by atoms with van der Waals surface area (Å²) in [5.74, 6) is -1.36. The van der Waals surface area contributed by atoms with Gasteiger partial charge in [-0.1, -0.05) is 22.0 Å². The number of nitrogens with zero attached hydrogens (tertiary/aromatic N) is 1. The molecular formula is C19H15BrN2O6. The highest BCUT2D eigenvalue weighted by Gasteiger charge is 2.20. The minimum absolute atomic E-state index is 0.0208. The number of furan rings is 1. The van der Waals surface area contributed by atoms with E-state index in [0.717, 1.165) is 9.86 Å². The molecule has 0 bridgehead atoms. The van der Waals surface area contributed by atoms with E-state index in [-0.39, 0.29) is 17.1 Å². The molecule has 1 heterocycles. The van der Waals surface area contributed by atoms with Crippen LogP contribution in [0.5, 0.6) is 0 Å². The summed E-state index contributed by atoms with van der Waals surface area (Å²) in [7, 11) is 0. The van der Waals surface area contributed by atoms with Crippen LogP contribution in [-0.4, -0.2) is 23.4 Å². The molecule has 0 radical (unpaired) electrons. The van der Waals surface area contributed by atoms with E-state index in [1.807, 2.05) is 6.07 Å². The molecule has 3 rings (SSSR count). The first kappa shape index (κ1) is 19.6. The number of ether oxygens (including phenoxy) is 1. The number of halogens is 1. The number of carbonyl (C=O) groups excluding carboxylic acids is 2. The zero-order valence-corrected chi connectivity index (χ0v) is 16.5. The van der Waals surface area contributed by atoms with E-state index in [1.165, 1.54) is 18.2 Å². The molecule has 8 nitrogen and oxygen atoms in total. The summed E-state index contributed by atoms with van der Waals surface area (Å²) in [6.07, 6.45) is 0. The molecular weight excluding hydrogens is 432 g/mol. The maximum absolute atomic E-state index is 12.3. The number of hydrogen-bond donors (Lipinski definition) is 1. The number of anilines is 1. The molecule has 28 heavy (non-hydrogen) atoms. The fraction of sp³-hybridized carbons (Fsp3) is 0.158. The number of fused-ring (bicyclic) bond motifs is 1. The smallest absolute Gasteiger partial charge is 0.375 e. The number of rotatable bonds is 5. The Labute approximate surface area is 167 Å². The maximum atomic E-state index is 12.3. The van der Waals surface area contributed by atoms with Gasteiger partial charge in [0.15, 0.2) is 6.61 Å². The van der Waals surface area contributed by atoms with Crippen molar-refractivity contribution in [1.82, 2.24) is 0 Å². The third-order valence-corrected chi connectivity index (χ3v) is 4.62. The molecule has 0 fully saturated rings. The summed E-state index contributed by atoms with van der Waals surface area (Å²) in [6, 6.07) is 9.44. The Morgan fingerprint density at radius 1 is 1.21 bits per heavy atom. The second-order valence-electron chi connectivity index (χ2n) is 6.08. The highest BCUT2D eigenvalue weighted by atomic mass is 79.9. The van der Waals surface area contributed by atoms with E-state index in [4.69, 9.17) is 9.15 Å². The van der Waals surface area contributed by atoms with E-state index in [9.17, 15) is 19.7 Å². The Hall–Kier alpha value is -3.20. The molecule has 144 valence electrons. The van der Waals surface area contributed by atoms with E-state index in [0.29, 0.717) is 16.7 Å². The number of non-ortho nitro benzene ring substituents is 1. The van der Waals surface area contributed by atoms with Crippen LogP contribution in [0.25, 0.3) is 11.0 Å². The number of esters is 1. The van der Waals surface area contributed by atoms with Crippen LogP contribution in [0.15, 0.2) is 45.3 Å². The molecule has 2 aromatic carbocycles. The van der Waals surface area contributed by atoms with Gasteiger partial charge in [0.1, 0.15) is 5.58 Å².